The highest BCUT2D eigenvalue weighted by molar-refractivity contribution is 7.91. The van der Waals surface area contributed by atoms with E-state index in [4.69, 9.17) is 10.7 Å². The lowest BCUT2D eigenvalue weighted by Crippen LogP contribution is -2.17. The van der Waals surface area contributed by atoms with Crippen molar-refractivity contribution in [3.8, 4) is 0 Å². The van der Waals surface area contributed by atoms with Gasteiger partial charge in [0.15, 0.2) is 9.84 Å². The van der Waals surface area contributed by atoms with Crippen LogP contribution in [-0.4, -0.2) is 31.5 Å². The SMILES string of the molecule is NCC1CCCc2sc(C3CCS(=O)(=O)C3)nc21. The Hall–Kier alpha value is -0.460. The fourth-order valence-corrected chi connectivity index (χ4v) is 6.10. The molecule has 100 valence electrons. The lowest BCUT2D eigenvalue weighted by atomic mass is 9.91. The molecule has 4 nitrogen and oxygen atoms in total. The van der Waals surface area contributed by atoms with E-state index in [2.05, 4.69) is 0 Å². The minimum Gasteiger partial charge on any atom is -0.330 e. The van der Waals surface area contributed by atoms with Crippen molar-refractivity contribution in [2.45, 2.75) is 37.5 Å². The molecule has 2 heterocycles. The lowest BCUT2D eigenvalue weighted by Gasteiger charge is -2.18. The largest absolute Gasteiger partial charge is 0.330 e. The summed E-state index contributed by atoms with van der Waals surface area (Å²) in [5, 5.41) is 1.03. The topological polar surface area (TPSA) is 73.1 Å². The molecule has 0 spiro atoms. The van der Waals surface area contributed by atoms with Crippen LogP contribution >= 0.6 is 11.3 Å². The molecule has 2 atom stereocenters. The Morgan fingerprint density at radius 2 is 2.22 bits per heavy atom. The molecule has 2 N–H and O–H groups in total. The van der Waals surface area contributed by atoms with E-state index >= 15 is 0 Å². The Morgan fingerprint density at radius 1 is 1.39 bits per heavy atom. The molecule has 1 saturated heterocycles. The molecule has 0 amide bonds. The molecule has 2 unspecified atom stereocenters. The summed E-state index contributed by atoms with van der Waals surface area (Å²) in [7, 11) is -2.82. The van der Waals surface area contributed by atoms with Crippen LogP contribution in [0.2, 0.25) is 0 Å². The zero-order chi connectivity index (χ0) is 12.8. The first-order valence-electron chi connectivity index (χ1n) is 6.49. The van der Waals surface area contributed by atoms with Gasteiger partial charge in [-0.2, -0.15) is 0 Å². The molecule has 18 heavy (non-hydrogen) atoms. The summed E-state index contributed by atoms with van der Waals surface area (Å²) < 4.78 is 23.1. The number of rotatable bonds is 2. The van der Waals surface area contributed by atoms with Gasteiger partial charge in [0.25, 0.3) is 0 Å². The van der Waals surface area contributed by atoms with E-state index in [1.807, 2.05) is 0 Å². The van der Waals surface area contributed by atoms with Crippen molar-refractivity contribution in [1.82, 2.24) is 4.98 Å². The van der Waals surface area contributed by atoms with Crippen LogP contribution in [0.15, 0.2) is 0 Å². The quantitative estimate of drug-likeness (QED) is 0.892. The molecule has 1 aliphatic heterocycles. The fraction of sp³-hybridized carbons (Fsp3) is 0.750. The summed E-state index contributed by atoms with van der Waals surface area (Å²) in [5.41, 5.74) is 6.95. The summed E-state index contributed by atoms with van der Waals surface area (Å²) in [6, 6.07) is 0. The monoisotopic (exact) mass is 286 g/mol. The number of nitrogens with two attached hydrogens (primary N) is 1. The predicted octanol–water partition coefficient (Wildman–Crippen LogP) is 1.42. The minimum atomic E-state index is -2.82. The summed E-state index contributed by atoms with van der Waals surface area (Å²) in [4.78, 5) is 6.07. The van der Waals surface area contributed by atoms with Gasteiger partial charge in [-0.25, -0.2) is 13.4 Å². The third kappa shape index (κ3) is 2.21. The summed E-state index contributed by atoms with van der Waals surface area (Å²) in [6.07, 6.45) is 4.13. The first-order valence-corrected chi connectivity index (χ1v) is 9.13. The van der Waals surface area contributed by atoms with Crippen molar-refractivity contribution in [3.63, 3.8) is 0 Å². The Kier molecular flexibility index (Phi) is 3.20. The molecule has 0 bridgehead atoms. The lowest BCUT2D eigenvalue weighted by molar-refractivity contribution is 0.551. The van der Waals surface area contributed by atoms with Gasteiger partial charge in [0.1, 0.15) is 0 Å². The highest BCUT2D eigenvalue weighted by Crippen LogP contribution is 2.39. The van der Waals surface area contributed by atoms with Gasteiger partial charge < -0.3 is 5.73 Å². The van der Waals surface area contributed by atoms with Crippen LogP contribution in [-0.2, 0) is 16.3 Å². The summed E-state index contributed by atoms with van der Waals surface area (Å²) >= 11 is 1.72. The third-order valence-electron chi connectivity index (χ3n) is 3.95. The smallest absolute Gasteiger partial charge is 0.151 e. The molecule has 1 fully saturated rings. The molecule has 1 aromatic heterocycles. The van der Waals surface area contributed by atoms with E-state index < -0.39 is 9.84 Å². The first-order chi connectivity index (χ1) is 8.59. The maximum absolute atomic E-state index is 11.5. The molecule has 0 radical (unpaired) electrons. The molecule has 2 aliphatic rings. The third-order valence-corrected chi connectivity index (χ3v) is 7.01. The number of nitrogens with zero attached hydrogens (tertiary/aromatic N) is 1. The Labute approximate surface area is 112 Å². The van der Waals surface area contributed by atoms with Crippen molar-refractivity contribution < 1.29 is 8.42 Å². The second-order valence-corrected chi connectivity index (χ2v) is 8.63. The van der Waals surface area contributed by atoms with Gasteiger partial charge in [0.2, 0.25) is 0 Å². The molecular formula is C12H18N2O2S2. The van der Waals surface area contributed by atoms with Crippen LogP contribution in [0.4, 0.5) is 0 Å². The van der Waals surface area contributed by atoms with Gasteiger partial charge in [-0.15, -0.1) is 11.3 Å². The van der Waals surface area contributed by atoms with E-state index in [1.165, 1.54) is 11.3 Å². The fourth-order valence-electron chi connectivity index (χ4n) is 2.92. The van der Waals surface area contributed by atoms with E-state index in [0.717, 1.165) is 30.0 Å². The van der Waals surface area contributed by atoms with Crippen molar-refractivity contribution in [2.75, 3.05) is 18.1 Å². The average Bonchev–Trinajstić information content (AvgIpc) is 2.91. The summed E-state index contributed by atoms with van der Waals surface area (Å²) in [6.45, 7) is 0.652. The van der Waals surface area contributed by atoms with E-state index in [1.54, 1.807) is 11.3 Å². The molecule has 3 rings (SSSR count). The van der Waals surface area contributed by atoms with Crippen LogP contribution in [0.3, 0.4) is 0 Å². The van der Waals surface area contributed by atoms with E-state index in [9.17, 15) is 8.42 Å². The zero-order valence-corrected chi connectivity index (χ0v) is 11.9. The zero-order valence-electron chi connectivity index (χ0n) is 10.3. The molecule has 1 aromatic rings. The standard InChI is InChI=1S/C12H18N2O2S2/c13-6-8-2-1-3-10-11(8)14-12(17-10)9-4-5-18(15,16)7-9/h8-9H,1-7,13H2. The Morgan fingerprint density at radius 3 is 2.89 bits per heavy atom. The van der Waals surface area contributed by atoms with Crippen molar-refractivity contribution in [3.05, 3.63) is 15.6 Å². The second-order valence-electron chi connectivity index (χ2n) is 5.29. The maximum Gasteiger partial charge on any atom is 0.151 e. The maximum atomic E-state index is 11.5. The predicted molar refractivity (Wildman–Crippen MR) is 72.9 cm³/mol. The van der Waals surface area contributed by atoms with Crippen molar-refractivity contribution >= 4 is 21.2 Å². The first kappa shape index (κ1) is 12.6. The molecule has 6 heteroatoms. The number of hydrogen-bond donors (Lipinski definition) is 1. The van der Waals surface area contributed by atoms with Crippen LogP contribution < -0.4 is 5.73 Å². The van der Waals surface area contributed by atoms with Gasteiger partial charge in [0.05, 0.1) is 22.2 Å². The highest BCUT2D eigenvalue weighted by Gasteiger charge is 2.33. The number of hydrogen-bond acceptors (Lipinski definition) is 5. The molecule has 0 saturated carbocycles. The van der Waals surface area contributed by atoms with Crippen molar-refractivity contribution in [2.24, 2.45) is 5.73 Å². The van der Waals surface area contributed by atoms with Crippen LogP contribution in [0.25, 0.3) is 0 Å². The number of thiazole rings is 1. The van der Waals surface area contributed by atoms with E-state index in [0.29, 0.717) is 18.2 Å². The van der Waals surface area contributed by atoms with Crippen LogP contribution in [0, 0.1) is 0 Å². The van der Waals surface area contributed by atoms with Gasteiger partial charge in [-0.05, 0) is 25.7 Å². The normalized spacial score (nSPS) is 30.3. The summed E-state index contributed by atoms with van der Waals surface area (Å²) in [5.74, 6) is 1.12. The van der Waals surface area contributed by atoms with Gasteiger partial charge in [-0.1, -0.05) is 0 Å². The van der Waals surface area contributed by atoms with Crippen LogP contribution in [0.1, 0.15) is 46.7 Å². The minimum absolute atomic E-state index is 0.129. The molecular weight excluding hydrogens is 268 g/mol. The molecule has 0 aromatic carbocycles. The van der Waals surface area contributed by atoms with Gasteiger partial charge in [-0.3, -0.25) is 0 Å². The van der Waals surface area contributed by atoms with E-state index in [-0.39, 0.29) is 11.7 Å². The van der Waals surface area contributed by atoms with Gasteiger partial charge in [0, 0.05) is 23.3 Å². The average molecular weight is 286 g/mol. The Balaban J connectivity index is 1.89. The Bertz CT molecular complexity index is 550. The number of aromatic nitrogens is 1. The van der Waals surface area contributed by atoms with Gasteiger partial charge >= 0.3 is 0 Å². The van der Waals surface area contributed by atoms with Crippen LogP contribution in [0.5, 0.6) is 0 Å². The number of aryl methyl sites for hydroxylation is 1. The number of sulfone groups is 1. The number of fused-ring (bicyclic) bond motifs is 1. The molecule has 1 aliphatic carbocycles. The second kappa shape index (κ2) is 4.58. The van der Waals surface area contributed by atoms with Crippen molar-refractivity contribution in [1.29, 1.82) is 0 Å². The highest BCUT2D eigenvalue weighted by atomic mass is 32.2.